The first-order chi connectivity index (χ1) is 0. The fourth-order valence-corrected chi connectivity index (χ4v) is 0. The molecule has 0 saturated carbocycles. The van der Waals surface area contributed by atoms with E-state index in [1.807, 2.05) is 0 Å². The molecule has 4 heteroatoms. The van der Waals surface area contributed by atoms with Gasteiger partial charge in [-0.15, -0.1) is 0 Å². The van der Waals surface area contributed by atoms with Gasteiger partial charge in [0.25, 0.3) is 0 Å². The fraction of sp³-hybridized carbons (Fsp3) is 0. The van der Waals surface area contributed by atoms with Crippen LogP contribution in [0, 0.1) is 41.7 Å². The second-order valence-electron chi connectivity index (χ2n) is 0. The van der Waals surface area contributed by atoms with Crippen molar-refractivity contribution in [3.63, 3.8) is 0 Å². The number of hydrogen-bond donors (Lipinski definition) is 0. The van der Waals surface area contributed by atoms with Gasteiger partial charge in [-0.05, 0) is 0 Å². The van der Waals surface area contributed by atoms with Crippen LogP contribution in [0.15, 0.2) is 0 Å². The predicted molar refractivity (Wildman–Crippen MR) is 1.37 cm³/mol. The van der Waals surface area contributed by atoms with Crippen molar-refractivity contribution in [3.8, 4) is 0 Å². The average Bonchev–Trinajstić information content (AvgIpc) is 0. The third kappa shape index (κ3) is 8.90. The van der Waals surface area contributed by atoms with E-state index < -0.39 is 0 Å². The van der Waals surface area contributed by atoms with Crippen LogP contribution in [0.5, 0.6) is 0 Å². The minimum Gasteiger partial charge on any atom is -2.00 e. The summed E-state index contributed by atoms with van der Waals surface area (Å²) in [7, 11) is 0. The van der Waals surface area contributed by atoms with Crippen LogP contribution >= 0.6 is 0 Å². The maximum Gasteiger partial charge on any atom is 4.00 e. The van der Waals surface area contributed by atoms with Gasteiger partial charge in [0.2, 0.25) is 0 Å². The van der Waals surface area contributed by atoms with Crippen LogP contribution in [0.4, 0.5) is 0 Å². The Morgan fingerprint density at radius 3 is 0.750 bits per heavy atom. The van der Waals surface area contributed by atoms with Gasteiger partial charge in [-0.3, -0.25) is 0 Å². The maximum absolute atomic E-state index is 0. The van der Waals surface area contributed by atoms with Gasteiger partial charge in [-0.25, -0.2) is 0 Å². The molecule has 2 nitrogen and oxygen atoms in total. The molecule has 0 aromatic carbocycles. The van der Waals surface area contributed by atoms with Crippen LogP contribution in [0.3, 0.4) is 0 Å². The first-order valence-electron chi connectivity index (χ1n) is 0. The van der Waals surface area contributed by atoms with Gasteiger partial charge in [0.15, 0.2) is 0 Å². The smallest absolute Gasteiger partial charge is 2.00 e. The largest absolute Gasteiger partial charge is 4.00 e. The van der Waals surface area contributed by atoms with Gasteiger partial charge >= 0.3 is 67.6 Å². The summed E-state index contributed by atoms with van der Waals surface area (Å²) in [5.41, 5.74) is 0. The molecule has 0 amide bonds. The van der Waals surface area contributed by atoms with Crippen molar-refractivity contribution >= 4 is 0 Å². The molecule has 0 spiro atoms. The molecule has 0 bridgehead atoms. The number of hydrogen-bond acceptors (Lipinski definition) is 0. The Morgan fingerprint density at radius 1 is 0.750 bits per heavy atom. The number of rotatable bonds is 0. The molecule has 0 aliphatic heterocycles. The third-order valence-electron chi connectivity index (χ3n) is 0. The van der Waals surface area contributed by atoms with E-state index in [1.54, 1.807) is 0 Å². The average molecular weight is 351 g/mol. The van der Waals surface area contributed by atoms with Gasteiger partial charge in [0, 0.05) is 0 Å². The summed E-state index contributed by atoms with van der Waals surface area (Å²) in [6.07, 6.45) is 0. The van der Waals surface area contributed by atoms with Crippen molar-refractivity contribution in [2.75, 3.05) is 0 Å². The Bertz CT molecular complexity index is 6.00. The van der Waals surface area contributed by atoms with Gasteiger partial charge in [0.05, 0.1) is 0 Å². The molecular formula is CeHfO2+3. The Morgan fingerprint density at radius 2 is 0.750 bits per heavy atom. The van der Waals surface area contributed by atoms with Crippen LogP contribution in [0.2, 0.25) is 0 Å². The van der Waals surface area contributed by atoms with E-state index in [1.165, 1.54) is 0 Å². The molecule has 0 fully saturated rings. The van der Waals surface area contributed by atoms with E-state index in [9.17, 15) is 0 Å². The zero-order valence-corrected chi connectivity index (χ0v) is 8.55. The summed E-state index contributed by atoms with van der Waals surface area (Å²) < 4.78 is 0. The molecule has 1 radical (unpaired) electrons. The zero-order valence-electron chi connectivity index (χ0n) is 1.82. The van der Waals surface area contributed by atoms with E-state index in [2.05, 4.69) is 0 Å². The first-order valence-corrected chi connectivity index (χ1v) is 0. The van der Waals surface area contributed by atoms with Crippen molar-refractivity contribution in [3.05, 3.63) is 0 Å². The molecule has 0 atom stereocenters. The van der Waals surface area contributed by atoms with Crippen molar-refractivity contribution in [1.82, 2.24) is 0 Å². The predicted octanol–water partition coefficient (Wildman–Crippen LogP) is -0.240. The molecule has 0 aliphatic rings. The first kappa shape index (κ1) is 35.1. The van der Waals surface area contributed by atoms with Crippen molar-refractivity contribution in [1.29, 1.82) is 0 Å². The Hall–Kier alpha value is 2.17. The van der Waals surface area contributed by atoms with Crippen LogP contribution in [-0.4, -0.2) is 0 Å². The minimum atomic E-state index is 0. The summed E-state index contributed by atoms with van der Waals surface area (Å²) in [6, 6.07) is 0. The molecule has 0 aromatic heterocycles. The van der Waals surface area contributed by atoms with E-state index in [-0.39, 0.29) is 78.5 Å². The van der Waals surface area contributed by atoms with Crippen LogP contribution in [0.1, 0.15) is 0 Å². The molecule has 0 rings (SSSR count). The zero-order chi connectivity index (χ0) is 0. The van der Waals surface area contributed by atoms with E-state index >= 15 is 0 Å². The summed E-state index contributed by atoms with van der Waals surface area (Å²) in [5.74, 6) is 0. The molecule has 17 valence electrons. The molecule has 0 aliphatic carbocycles. The SMILES string of the molecule is [Ce+3].[Hf+4].[O-2].[O-2]. The summed E-state index contributed by atoms with van der Waals surface area (Å²) in [5, 5.41) is 0. The molecule has 0 heterocycles. The Kier molecular flexibility index (Phi) is 167. The van der Waals surface area contributed by atoms with Crippen LogP contribution in [-0.2, 0) is 36.8 Å². The van der Waals surface area contributed by atoms with Gasteiger partial charge in [-0.1, -0.05) is 0 Å². The second kappa shape index (κ2) is 19.1. The van der Waals surface area contributed by atoms with Crippen molar-refractivity contribution < 1.29 is 78.5 Å². The third-order valence-corrected chi connectivity index (χ3v) is 0. The minimum absolute atomic E-state index is 0. The summed E-state index contributed by atoms with van der Waals surface area (Å²) in [6.45, 7) is 0. The van der Waals surface area contributed by atoms with Crippen LogP contribution < -0.4 is 0 Å². The Balaban J connectivity index is 0. The van der Waals surface area contributed by atoms with E-state index in [4.69, 9.17) is 0 Å². The molecule has 4 heavy (non-hydrogen) atoms. The monoisotopic (exact) mass is 352 g/mol. The van der Waals surface area contributed by atoms with E-state index in [0.29, 0.717) is 0 Å². The van der Waals surface area contributed by atoms with E-state index in [0.717, 1.165) is 0 Å². The van der Waals surface area contributed by atoms with Gasteiger partial charge < -0.3 is 11.0 Å². The normalized spacial score (nSPS) is 0. The van der Waals surface area contributed by atoms with Crippen LogP contribution in [0.25, 0.3) is 0 Å². The standard InChI is InChI=1S/Ce.Hf.2O/q+3;+4;2*-2. The Labute approximate surface area is 77.1 Å². The molecule has 0 aromatic rings. The van der Waals surface area contributed by atoms with Gasteiger partial charge in [0.1, 0.15) is 0 Å². The van der Waals surface area contributed by atoms with Crippen molar-refractivity contribution in [2.45, 2.75) is 0 Å². The topological polar surface area (TPSA) is 57.0 Å². The molecular weight excluding hydrogens is 351 g/mol. The molecule has 0 unspecified atom stereocenters. The van der Waals surface area contributed by atoms with Gasteiger partial charge in [-0.2, -0.15) is 0 Å². The quantitative estimate of drug-likeness (QED) is 0.542. The molecule has 0 saturated heterocycles. The molecule has 0 N–H and O–H groups in total. The second-order valence-corrected chi connectivity index (χ2v) is 0. The van der Waals surface area contributed by atoms with Crippen molar-refractivity contribution in [2.24, 2.45) is 0 Å². The summed E-state index contributed by atoms with van der Waals surface area (Å²) in [4.78, 5) is 0. The fourth-order valence-electron chi connectivity index (χ4n) is 0. The summed E-state index contributed by atoms with van der Waals surface area (Å²) >= 11 is 0. The maximum atomic E-state index is 0.